The number of ether oxygens (including phenoxy) is 1. The van der Waals surface area contributed by atoms with Crippen LogP contribution in [0.2, 0.25) is 0 Å². The summed E-state index contributed by atoms with van der Waals surface area (Å²) in [5, 5.41) is 3.83. The highest BCUT2D eigenvalue weighted by Gasteiger charge is 2.33. The number of amides is 1. The fraction of sp³-hybridized carbons (Fsp3) is 0.750. The van der Waals surface area contributed by atoms with Gasteiger partial charge < -0.3 is 9.26 Å². The van der Waals surface area contributed by atoms with E-state index in [2.05, 4.69) is 10.1 Å². The molecule has 0 saturated carbocycles. The Balaban J connectivity index is 2.11. The van der Waals surface area contributed by atoms with Crippen molar-refractivity contribution in [2.45, 2.75) is 51.7 Å². The van der Waals surface area contributed by atoms with Gasteiger partial charge in [0.1, 0.15) is 5.60 Å². The van der Waals surface area contributed by atoms with Gasteiger partial charge >= 0.3 is 6.09 Å². The number of nitrogens with zero attached hydrogens (tertiary/aromatic N) is 3. The van der Waals surface area contributed by atoms with Crippen molar-refractivity contribution >= 4 is 6.09 Å². The lowest BCUT2D eigenvalue weighted by Crippen LogP contribution is -2.42. The van der Waals surface area contributed by atoms with Gasteiger partial charge in [0.05, 0.1) is 6.04 Å². The van der Waals surface area contributed by atoms with Crippen LogP contribution in [0.15, 0.2) is 10.9 Å². The first kappa shape index (κ1) is 12.9. The maximum atomic E-state index is 12.1. The first-order valence-electron chi connectivity index (χ1n) is 6.23. The summed E-state index contributed by atoms with van der Waals surface area (Å²) < 4.78 is 10.2. The minimum Gasteiger partial charge on any atom is -0.444 e. The Kier molecular flexibility index (Phi) is 3.54. The zero-order valence-electron chi connectivity index (χ0n) is 11.0. The van der Waals surface area contributed by atoms with Gasteiger partial charge in [0.2, 0.25) is 6.39 Å². The Hall–Kier alpha value is -1.59. The van der Waals surface area contributed by atoms with Crippen molar-refractivity contribution in [2.75, 3.05) is 6.54 Å². The molecule has 2 heterocycles. The molecule has 1 aliphatic heterocycles. The molecule has 1 unspecified atom stereocenters. The molecule has 18 heavy (non-hydrogen) atoms. The molecule has 1 aliphatic rings. The number of carbonyl (C=O) groups is 1. The van der Waals surface area contributed by atoms with E-state index in [1.54, 1.807) is 4.90 Å². The zero-order valence-corrected chi connectivity index (χ0v) is 11.0. The zero-order chi connectivity index (χ0) is 13.2. The highest BCUT2D eigenvalue weighted by molar-refractivity contribution is 5.68. The van der Waals surface area contributed by atoms with Gasteiger partial charge in [-0.25, -0.2) is 4.79 Å². The number of piperidine rings is 1. The first-order valence-corrected chi connectivity index (χ1v) is 6.23. The maximum Gasteiger partial charge on any atom is 0.410 e. The van der Waals surface area contributed by atoms with E-state index in [9.17, 15) is 4.79 Å². The molecule has 1 saturated heterocycles. The summed E-state index contributed by atoms with van der Waals surface area (Å²) in [6, 6.07) is -0.132. The van der Waals surface area contributed by atoms with E-state index in [4.69, 9.17) is 9.26 Å². The van der Waals surface area contributed by atoms with Crippen molar-refractivity contribution in [2.24, 2.45) is 0 Å². The van der Waals surface area contributed by atoms with E-state index in [-0.39, 0.29) is 12.1 Å². The highest BCUT2D eigenvalue weighted by Crippen LogP contribution is 2.30. The third kappa shape index (κ3) is 3.00. The van der Waals surface area contributed by atoms with E-state index in [0.717, 1.165) is 19.3 Å². The van der Waals surface area contributed by atoms with Gasteiger partial charge in [0.25, 0.3) is 0 Å². The minimum atomic E-state index is -0.490. The monoisotopic (exact) mass is 253 g/mol. The SMILES string of the molecule is CC(C)(C)OC(=O)N1CCCCC1c1ncon1. The molecule has 1 atom stereocenters. The van der Waals surface area contributed by atoms with Crippen molar-refractivity contribution in [3.8, 4) is 0 Å². The molecule has 0 spiro atoms. The van der Waals surface area contributed by atoms with Crippen molar-refractivity contribution in [3.63, 3.8) is 0 Å². The first-order chi connectivity index (χ1) is 8.47. The van der Waals surface area contributed by atoms with Gasteiger partial charge in [0, 0.05) is 6.54 Å². The highest BCUT2D eigenvalue weighted by atomic mass is 16.6. The molecule has 0 aliphatic carbocycles. The summed E-state index contributed by atoms with van der Waals surface area (Å²) in [5.41, 5.74) is -0.490. The second kappa shape index (κ2) is 4.96. The molecule has 1 amide bonds. The molecule has 0 N–H and O–H groups in total. The maximum absolute atomic E-state index is 12.1. The van der Waals surface area contributed by atoms with E-state index in [0.29, 0.717) is 12.4 Å². The van der Waals surface area contributed by atoms with E-state index in [1.165, 1.54) is 6.39 Å². The van der Waals surface area contributed by atoms with Crippen LogP contribution < -0.4 is 0 Å². The molecule has 1 aromatic heterocycles. The molecule has 1 fully saturated rings. The number of rotatable bonds is 1. The Morgan fingerprint density at radius 1 is 1.50 bits per heavy atom. The number of carbonyl (C=O) groups excluding carboxylic acids is 1. The van der Waals surface area contributed by atoms with E-state index >= 15 is 0 Å². The Bertz CT molecular complexity index is 397. The predicted octanol–water partition coefficient (Wildman–Crippen LogP) is 2.53. The Morgan fingerprint density at radius 3 is 2.89 bits per heavy atom. The predicted molar refractivity (Wildman–Crippen MR) is 63.8 cm³/mol. The number of likely N-dealkylation sites (tertiary alicyclic amines) is 1. The number of aromatic nitrogens is 2. The molecule has 0 aromatic carbocycles. The lowest BCUT2D eigenvalue weighted by Gasteiger charge is -2.35. The minimum absolute atomic E-state index is 0.132. The van der Waals surface area contributed by atoms with Crippen LogP contribution in [-0.2, 0) is 4.74 Å². The summed E-state index contributed by atoms with van der Waals surface area (Å²) in [5.74, 6) is 0.556. The number of hydrogen-bond donors (Lipinski definition) is 0. The second-order valence-electron chi connectivity index (χ2n) is 5.47. The Labute approximate surface area is 106 Å². The van der Waals surface area contributed by atoms with Crippen LogP contribution >= 0.6 is 0 Å². The average molecular weight is 253 g/mol. The summed E-state index contributed by atoms with van der Waals surface area (Å²) >= 11 is 0. The smallest absolute Gasteiger partial charge is 0.410 e. The molecule has 100 valence electrons. The van der Waals surface area contributed by atoms with Gasteiger partial charge in [-0.15, -0.1) is 0 Å². The summed E-state index contributed by atoms with van der Waals surface area (Å²) in [4.78, 5) is 17.9. The summed E-state index contributed by atoms with van der Waals surface area (Å²) in [6.45, 7) is 6.25. The van der Waals surface area contributed by atoms with Crippen LogP contribution in [0.4, 0.5) is 4.79 Å². The van der Waals surface area contributed by atoms with Crippen LogP contribution in [0.1, 0.15) is 51.9 Å². The van der Waals surface area contributed by atoms with E-state index in [1.807, 2.05) is 20.8 Å². The lowest BCUT2D eigenvalue weighted by atomic mass is 10.0. The van der Waals surface area contributed by atoms with Gasteiger partial charge in [0.15, 0.2) is 5.82 Å². The molecule has 0 radical (unpaired) electrons. The van der Waals surface area contributed by atoms with Gasteiger partial charge in [-0.2, -0.15) is 4.98 Å². The summed E-state index contributed by atoms with van der Waals surface area (Å²) in [6.07, 6.45) is 3.86. The van der Waals surface area contributed by atoms with Crippen LogP contribution in [0.25, 0.3) is 0 Å². The quantitative estimate of drug-likeness (QED) is 0.769. The molecule has 2 rings (SSSR count). The second-order valence-corrected chi connectivity index (χ2v) is 5.47. The topological polar surface area (TPSA) is 68.5 Å². The standard InChI is InChI=1S/C12H19N3O3/c1-12(2,3)18-11(16)15-7-5-4-6-9(15)10-13-8-17-14-10/h8-9H,4-7H2,1-3H3. The van der Waals surface area contributed by atoms with Crippen LogP contribution in [-0.4, -0.2) is 33.3 Å². The Morgan fingerprint density at radius 2 is 2.28 bits per heavy atom. The van der Waals surface area contributed by atoms with Gasteiger partial charge in [-0.05, 0) is 40.0 Å². The third-order valence-corrected chi connectivity index (χ3v) is 2.81. The van der Waals surface area contributed by atoms with Crippen molar-refractivity contribution in [3.05, 3.63) is 12.2 Å². The molecule has 6 heteroatoms. The average Bonchev–Trinajstić information content (AvgIpc) is 2.80. The molecule has 6 nitrogen and oxygen atoms in total. The van der Waals surface area contributed by atoms with Gasteiger partial charge in [-0.3, -0.25) is 4.90 Å². The van der Waals surface area contributed by atoms with Crippen molar-refractivity contribution in [1.82, 2.24) is 15.0 Å². The van der Waals surface area contributed by atoms with Crippen molar-refractivity contribution < 1.29 is 14.1 Å². The lowest BCUT2D eigenvalue weighted by molar-refractivity contribution is 0.00821. The summed E-state index contributed by atoms with van der Waals surface area (Å²) in [7, 11) is 0. The molecular weight excluding hydrogens is 234 g/mol. The van der Waals surface area contributed by atoms with Crippen LogP contribution in [0.3, 0.4) is 0 Å². The molecular formula is C12H19N3O3. The van der Waals surface area contributed by atoms with Crippen LogP contribution in [0.5, 0.6) is 0 Å². The van der Waals surface area contributed by atoms with E-state index < -0.39 is 5.60 Å². The third-order valence-electron chi connectivity index (χ3n) is 2.81. The van der Waals surface area contributed by atoms with Crippen LogP contribution in [0, 0.1) is 0 Å². The fourth-order valence-electron chi connectivity index (χ4n) is 2.06. The molecule has 1 aromatic rings. The van der Waals surface area contributed by atoms with Crippen molar-refractivity contribution in [1.29, 1.82) is 0 Å². The fourth-order valence-corrected chi connectivity index (χ4v) is 2.06. The largest absolute Gasteiger partial charge is 0.444 e. The van der Waals surface area contributed by atoms with Gasteiger partial charge in [-0.1, -0.05) is 5.16 Å². The number of hydrogen-bond acceptors (Lipinski definition) is 5. The normalized spacial score (nSPS) is 20.8. The molecule has 0 bridgehead atoms.